The molecule has 1 unspecified atom stereocenters. The quantitative estimate of drug-likeness (QED) is 0.219. The molecule has 0 saturated heterocycles. The lowest BCUT2D eigenvalue weighted by Gasteiger charge is -2.34. The number of aryl methyl sites for hydroxylation is 1. The van der Waals surface area contributed by atoms with Crippen molar-refractivity contribution in [1.29, 1.82) is 0 Å². The summed E-state index contributed by atoms with van der Waals surface area (Å²) < 4.78 is 73.4. The molecule has 0 bridgehead atoms. The van der Waals surface area contributed by atoms with E-state index < -0.39 is 48.8 Å². The number of nitrogens with zero attached hydrogens (tertiary/aromatic N) is 4. The van der Waals surface area contributed by atoms with Gasteiger partial charge >= 0.3 is 6.18 Å². The number of imidazole rings is 1. The maximum Gasteiger partial charge on any atom is 0.389 e. The SMILES string of the molecule is CCc1noc(C(C)C)c1C(=O)N[C@H](c1cn2ncc(C(NC(=O)CCC(F)(F)F)C3CCC3)cc2n1)C1CCC(F)(F)CC1. The third-order valence-electron chi connectivity index (χ3n) is 9.01. The second-order valence-corrected chi connectivity index (χ2v) is 12.6. The van der Waals surface area contributed by atoms with E-state index in [1.54, 1.807) is 18.5 Å². The Balaban J connectivity index is 1.44. The molecule has 3 aromatic rings. The number of hydrogen-bond donors (Lipinski definition) is 2. The molecule has 2 fully saturated rings. The summed E-state index contributed by atoms with van der Waals surface area (Å²) in [6, 6.07) is 0.496. The van der Waals surface area contributed by atoms with Gasteiger partial charge in [-0.05, 0) is 55.6 Å². The number of carbonyl (C=O) groups is 2. The van der Waals surface area contributed by atoms with Crippen molar-refractivity contribution >= 4 is 17.5 Å². The zero-order valence-electron chi connectivity index (χ0n) is 25.6. The highest BCUT2D eigenvalue weighted by Gasteiger charge is 2.40. The van der Waals surface area contributed by atoms with Crippen LogP contribution in [-0.4, -0.2) is 43.7 Å². The number of amides is 2. The first-order chi connectivity index (χ1) is 21.2. The van der Waals surface area contributed by atoms with Gasteiger partial charge in [-0.25, -0.2) is 18.3 Å². The van der Waals surface area contributed by atoms with Gasteiger partial charge in [-0.3, -0.25) is 9.59 Å². The first kappa shape index (κ1) is 32.8. The number of halogens is 5. The first-order valence-corrected chi connectivity index (χ1v) is 15.6. The Kier molecular flexibility index (Phi) is 9.50. The van der Waals surface area contributed by atoms with Crippen LogP contribution in [-0.2, 0) is 11.2 Å². The van der Waals surface area contributed by atoms with Crippen molar-refractivity contribution in [1.82, 2.24) is 30.4 Å². The Morgan fingerprint density at radius 1 is 1.09 bits per heavy atom. The van der Waals surface area contributed by atoms with E-state index in [4.69, 9.17) is 9.51 Å². The topological polar surface area (TPSA) is 114 Å². The number of carbonyl (C=O) groups excluding carboxylic acids is 2. The molecule has 2 atom stereocenters. The van der Waals surface area contributed by atoms with Gasteiger partial charge in [-0.1, -0.05) is 32.3 Å². The first-order valence-electron chi connectivity index (χ1n) is 15.6. The fraction of sp³-hybridized carbons (Fsp3) is 0.645. The third kappa shape index (κ3) is 7.63. The fourth-order valence-electron chi connectivity index (χ4n) is 6.24. The van der Waals surface area contributed by atoms with Crippen LogP contribution >= 0.6 is 0 Å². The molecular formula is C31H39F5N6O3. The summed E-state index contributed by atoms with van der Waals surface area (Å²) in [7, 11) is 0. The summed E-state index contributed by atoms with van der Waals surface area (Å²) in [5, 5.41) is 14.4. The Morgan fingerprint density at radius 2 is 1.78 bits per heavy atom. The van der Waals surface area contributed by atoms with E-state index in [9.17, 15) is 31.5 Å². The normalized spacial score (nSPS) is 19.0. The maximum absolute atomic E-state index is 14.1. The Labute approximate surface area is 257 Å². The van der Waals surface area contributed by atoms with E-state index >= 15 is 0 Å². The summed E-state index contributed by atoms with van der Waals surface area (Å²) in [6.45, 7) is 5.64. The minimum absolute atomic E-state index is 0.0564. The van der Waals surface area contributed by atoms with Crippen LogP contribution in [0.4, 0.5) is 22.0 Å². The molecule has 3 heterocycles. The molecule has 2 amide bonds. The van der Waals surface area contributed by atoms with Gasteiger partial charge in [0.15, 0.2) is 11.4 Å². The predicted molar refractivity (Wildman–Crippen MR) is 154 cm³/mol. The second kappa shape index (κ2) is 13.0. The average Bonchev–Trinajstić information content (AvgIpc) is 3.57. The highest BCUT2D eigenvalue weighted by Crippen LogP contribution is 2.42. The van der Waals surface area contributed by atoms with Crippen LogP contribution in [0.15, 0.2) is 23.0 Å². The molecule has 3 aromatic heterocycles. The molecule has 5 rings (SSSR count). The summed E-state index contributed by atoms with van der Waals surface area (Å²) in [6.07, 6.45) is -0.292. The third-order valence-corrected chi connectivity index (χ3v) is 9.01. The van der Waals surface area contributed by atoms with E-state index in [0.717, 1.165) is 19.3 Å². The Bertz CT molecular complexity index is 1500. The number of fused-ring (bicyclic) bond motifs is 1. The Morgan fingerprint density at radius 3 is 2.38 bits per heavy atom. The van der Waals surface area contributed by atoms with Crippen molar-refractivity contribution < 1.29 is 36.1 Å². The maximum atomic E-state index is 14.1. The van der Waals surface area contributed by atoms with Gasteiger partial charge in [0, 0.05) is 25.2 Å². The van der Waals surface area contributed by atoms with E-state index in [1.807, 2.05) is 20.8 Å². The molecule has 2 saturated carbocycles. The van der Waals surface area contributed by atoms with Gasteiger partial charge in [0.1, 0.15) is 5.56 Å². The van der Waals surface area contributed by atoms with Crippen molar-refractivity contribution in [2.45, 2.75) is 115 Å². The standard InChI is InChI=1S/C31H39F5N6O3/c1-4-21-25(28(17(2)3)45-41-21)29(44)40-27(19-8-11-30(32,33)12-9-19)22-16-42-23(38-22)14-20(15-37-42)26(18-6-5-7-18)39-24(43)10-13-31(34,35)36/h14-19,26-27H,4-13H2,1-3H3,(H,39,43)(H,40,44)/t26?,27-/m0/s1. The fourth-order valence-corrected chi connectivity index (χ4v) is 6.24. The smallest absolute Gasteiger partial charge is 0.360 e. The molecular weight excluding hydrogens is 599 g/mol. The molecule has 14 heteroatoms. The van der Waals surface area contributed by atoms with Crippen LogP contribution in [0.3, 0.4) is 0 Å². The second-order valence-electron chi connectivity index (χ2n) is 12.6. The number of alkyl halides is 5. The lowest BCUT2D eigenvalue weighted by atomic mass is 9.77. The van der Waals surface area contributed by atoms with E-state index in [0.29, 0.717) is 40.3 Å². The Hall–Kier alpha value is -3.58. The van der Waals surface area contributed by atoms with Crippen molar-refractivity contribution in [2.24, 2.45) is 11.8 Å². The molecule has 0 aliphatic heterocycles. The van der Waals surface area contributed by atoms with Crippen molar-refractivity contribution in [3.63, 3.8) is 0 Å². The minimum Gasteiger partial charge on any atom is -0.360 e. The van der Waals surface area contributed by atoms with Crippen LogP contribution in [0.2, 0.25) is 0 Å². The van der Waals surface area contributed by atoms with Gasteiger partial charge < -0.3 is 15.2 Å². The van der Waals surface area contributed by atoms with E-state index in [-0.39, 0.29) is 43.4 Å². The van der Waals surface area contributed by atoms with Crippen LogP contribution in [0, 0.1) is 11.8 Å². The molecule has 2 aliphatic carbocycles. The highest BCUT2D eigenvalue weighted by molar-refractivity contribution is 5.96. The van der Waals surface area contributed by atoms with Crippen molar-refractivity contribution in [3.05, 3.63) is 46.7 Å². The molecule has 246 valence electrons. The van der Waals surface area contributed by atoms with Gasteiger partial charge in [-0.15, -0.1) is 0 Å². The average molecular weight is 639 g/mol. The minimum atomic E-state index is -4.43. The van der Waals surface area contributed by atoms with Crippen molar-refractivity contribution in [2.75, 3.05) is 0 Å². The molecule has 9 nitrogen and oxygen atoms in total. The van der Waals surface area contributed by atoms with E-state index in [2.05, 4.69) is 20.9 Å². The monoisotopic (exact) mass is 638 g/mol. The molecule has 2 N–H and O–H groups in total. The lowest BCUT2D eigenvalue weighted by Crippen LogP contribution is -2.37. The van der Waals surface area contributed by atoms with Crippen molar-refractivity contribution in [3.8, 4) is 0 Å². The van der Waals surface area contributed by atoms with Crippen LogP contribution in [0.1, 0.15) is 130 Å². The number of hydrogen-bond acceptors (Lipinski definition) is 6. The molecule has 0 aromatic carbocycles. The predicted octanol–water partition coefficient (Wildman–Crippen LogP) is 7.00. The molecule has 0 radical (unpaired) electrons. The summed E-state index contributed by atoms with van der Waals surface area (Å²) in [5.74, 6) is -3.81. The van der Waals surface area contributed by atoms with Crippen LogP contribution < -0.4 is 10.6 Å². The van der Waals surface area contributed by atoms with Gasteiger partial charge in [0.05, 0.1) is 42.3 Å². The van der Waals surface area contributed by atoms with Crippen LogP contribution in [0.5, 0.6) is 0 Å². The van der Waals surface area contributed by atoms with Gasteiger partial charge in [-0.2, -0.15) is 18.3 Å². The number of nitrogens with one attached hydrogen (secondary N) is 2. The molecule has 0 spiro atoms. The highest BCUT2D eigenvalue weighted by atomic mass is 19.4. The zero-order chi connectivity index (χ0) is 32.5. The lowest BCUT2D eigenvalue weighted by molar-refractivity contribution is -0.144. The zero-order valence-corrected chi connectivity index (χ0v) is 25.6. The van der Waals surface area contributed by atoms with Gasteiger partial charge in [0.25, 0.3) is 5.91 Å². The van der Waals surface area contributed by atoms with E-state index in [1.165, 1.54) is 4.52 Å². The number of rotatable bonds is 11. The largest absolute Gasteiger partial charge is 0.389 e. The molecule has 2 aliphatic rings. The van der Waals surface area contributed by atoms with Crippen LogP contribution in [0.25, 0.3) is 5.65 Å². The summed E-state index contributed by atoms with van der Waals surface area (Å²) in [5.41, 5.74) is 2.30. The molecule has 45 heavy (non-hydrogen) atoms. The summed E-state index contributed by atoms with van der Waals surface area (Å²) >= 11 is 0. The summed E-state index contributed by atoms with van der Waals surface area (Å²) in [4.78, 5) is 30.9. The number of aromatic nitrogens is 4. The van der Waals surface area contributed by atoms with Gasteiger partial charge in [0.2, 0.25) is 11.8 Å².